The highest BCUT2D eigenvalue weighted by Crippen LogP contribution is 2.30. The summed E-state index contributed by atoms with van der Waals surface area (Å²) in [4.78, 5) is 3.75. The topological polar surface area (TPSA) is 21.6 Å². The van der Waals surface area contributed by atoms with Crippen molar-refractivity contribution in [3.63, 3.8) is 0 Å². The molecular weight excluding hydrogens is 289 g/mol. The summed E-state index contributed by atoms with van der Waals surface area (Å²) in [5.74, 6) is 0.126. The summed E-state index contributed by atoms with van der Waals surface area (Å²) in [7, 11) is 0. The Morgan fingerprint density at radius 2 is 1.78 bits per heavy atom. The molecule has 0 fully saturated rings. The molecule has 1 aromatic carbocycles. The van der Waals surface area contributed by atoms with E-state index in [0.717, 1.165) is 0 Å². The van der Waals surface area contributed by atoms with Crippen molar-refractivity contribution in [2.75, 3.05) is 0 Å². The Bertz CT molecular complexity index is 485. The Morgan fingerprint density at radius 3 is 2.22 bits per heavy atom. The molecule has 18 heavy (non-hydrogen) atoms. The lowest BCUT2D eigenvalue weighted by Crippen LogP contribution is -2.22. The highest BCUT2D eigenvalue weighted by Gasteiger charge is 2.14. The Hall–Kier alpha value is -1.03. The normalized spacial score (nSPS) is 9.33. The molecule has 0 spiro atoms. The third kappa shape index (κ3) is 7.33. The summed E-state index contributed by atoms with van der Waals surface area (Å²) >= 11 is 12.4. The first-order valence-corrected chi connectivity index (χ1v) is 6.12. The maximum absolute atomic E-state index is 12.9. The molecule has 0 amide bonds. The number of benzene rings is 1. The van der Waals surface area contributed by atoms with E-state index in [2.05, 4.69) is 46.8 Å². The van der Waals surface area contributed by atoms with Crippen molar-refractivity contribution in [1.29, 1.82) is 0 Å². The van der Waals surface area contributed by atoms with E-state index in [9.17, 15) is 4.39 Å². The average Bonchev–Trinajstić information content (AvgIpc) is 2.22. The standard InChI is InChI=1S/C11H12FNOS.CS2/c1-11(2,3)14-10-5-4-8(12)6-9(10)13-7-15;2-1-3/h4-6H,1-3H3;. The molecule has 0 heterocycles. The number of rotatable bonds is 2. The minimum atomic E-state index is -0.375. The number of ether oxygens (including phenoxy) is 1. The molecule has 0 bridgehead atoms. The van der Waals surface area contributed by atoms with E-state index < -0.39 is 0 Å². The second-order valence-electron chi connectivity index (χ2n) is 4.11. The quantitative estimate of drug-likeness (QED) is 0.580. The van der Waals surface area contributed by atoms with Crippen molar-refractivity contribution >= 4 is 51.8 Å². The average molecular weight is 301 g/mol. The summed E-state index contributed by atoms with van der Waals surface area (Å²) in [5.41, 5.74) is 0.00346. The lowest BCUT2D eigenvalue weighted by atomic mass is 10.2. The molecule has 2 nitrogen and oxygen atoms in total. The molecule has 6 heteroatoms. The van der Waals surface area contributed by atoms with Crippen LogP contribution < -0.4 is 4.74 Å². The molecule has 1 rings (SSSR count). The van der Waals surface area contributed by atoms with Gasteiger partial charge in [-0.05, 0) is 69.6 Å². The first-order chi connectivity index (χ1) is 8.34. The number of aliphatic imine (C=N–C) groups is 1. The molecule has 0 aromatic heterocycles. The third-order valence-corrected chi connectivity index (χ3v) is 1.59. The molecule has 0 saturated carbocycles. The second-order valence-corrected chi connectivity index (χ2v) is 4.96. The Labute approximate surface area is 122 Å². The minimum Gasteiger partial charge on any atom is -0.486 e. The summed E-state index contributed by atoms with van der Waals surface area (Å²) in [5, 5.41) is 2.20. The smallest absolute Gasteiger partial charge is 0.146 e. The van der Waals surface area contributed by atoms with Crippen molar-refractivity contribution in [1.82, 2.24) is 0 Å². The molecule has 0 atom stereocenters. The van der Waals surface area contributed by atoms with Crippen LogP contribution >= 0.6 is 36.7 Å². The van der Waals surface area contributed by atoms with Gasteiger partial charge in [-0.25, -0.2) is 4.39 Å². The SMILES string of the molecule is CC(C)(C)Oc1ccc(F)cc1N=C=S.S=C=S. The zero-order valence-electron chi connectivity index (χ0n) is 10.2. The fourth-order valence-electron chi connectivity index (χ4n) is 1.04. The second kappa shape index (κ2) is 8.14. The van der Waals surface area contributed by atoms with E-state index in [1.807, 2.05) is 25.1 Å². The maximum atomic E-state index is 12.9. The van der Waals surface area contributed by atoms with E-state index in [0.29, 0.717) is 11.4 Å². The Kier molecular flexibility index (Phi) is 7.67. The largest absolute Gasteiger partial charge is 0.486 e. The molecule has 0 aliphatic rings. The van der Waals surface area contributed by atoms with Crippen LogP contribution in [0.1, 0.15) is 20.8 Å². The first kappa shape index (κ1) is 17.0. The first-order valence-electron chi connectivity index (χ1n) is 4.89. The lowest BCUT2D eigenvalue weighted by Gasteiger charge is -2.21. The zero-order chi connectivity index (χ0) is 14.2. The number of thiocarbonyl (C=S) groups is 3. The van der Waals surface area contributed by atoms with Crippen LogP contribution in [0.2, 0.25) is 0 Å². The molecule has 0 N–H and O–H groups in total. The van der Waals surface area contributed by atoms with Gasteiger partial charge in [0.1, 0.15) is 22.9 Å². The summed E-state index contributed by atoms with van der Waals surface area (Å²) < 4.78 is 20.4. The number of halogens is 1. The fourth-order valence-corrected chi connectivity index (χ4v) is 1.14. The van der Waals surface area contributed by atoms with Crippen molar-refractivity contribution in [3.8, 4) is 5.75 Å². The Balaban J connectivity index is 0.000000873. The predicted octanol–water partition coefficient (Wildman–Crippen LogP) is 4.76. The van der Waals surface area contributed by atoms with Crippen LogP contribution in [0.4, 0.5) is 10.1 Å². The molecule has 0 radical (unpaired) electrons. The van der Waals surface area contributed by atoms with Gasteiger partial charge in [0.25, 0.3) is 0 Å². The summed E-state index contributed by atoms with van der Waals surface area (Å²) in [6.45, 7) is 5.71. The number of hydrogen-bond acceptors (Lipinski definition) is 5. The minimum absolute atomic E-state index is 0.358. The number of isothiocyanates is 1. The van der Waals surface area contributed by atoms with Gasteiger partial charge in [0.05, 0.1) is 5.16 Å². The third-order valence-electron chi connectivity index (χ3n) is 1.50. The van der Waals surface area contributed by atoms with Gasteiger partial charge >= 0.3 is 0 Å². The number of hydrogen-bond donors (Lipinski definition) is 0. The van der Waals surface area contributed by atoms with Crippen molar-refractivity contribution in [2.45, 2.75) is 26.4 Å². The molecule has 0 aliphatic carbocycles. The van der Waals surface area contributed by atoms with E-state index in [1.54, 1.807) is 0 Å². The van der Waals surface area contributed by atoms with Gasteiger partial charge in [0.2, 0.25) is 0 Å². The number of nitrogens with zero attached hydrogens (tertiary/aromatic N) is 1. The Morgan fingerprint density at radius 1 is 1.22 bits per heavy atom. The van der Waals surface area contributed by atoms with E-state index in [1.165, 1.54) is 18.2 Å². The van der Waals surface area contributed by atoms with Gasteiger partial charge in [0, 0.05) is 10.4 Å². The highest BCUT2D eigenvalue weighted by atomic mass is 32.1. The highest BCUT2D eigenvalue weighted by molar-refractivity contribution is 7.93. The van der Waals surface area contributed by atoms with Crippen LogP contribution in [-0.2, 0) is 0 Å². The summed E-state index contributed by atoms with van der Waals surface area (Å²) in [6.07, 6.45) is 0. The molecule has 0 unspecified atom stereocenters. The molecule has 0 saturated heterocycles. The molecule has 96 valence electrons. The van der Waals surface area contributed by atoms with Gasteiger partial charge in [-0.15, -0.1) is 0 Å². The summed E-state index contributed by atoms with van der Waals surface area (Å²) in [6, 6.07) is 4.12. The van der Waals surface area contributed by atoms with Gasteiger partial charge in [-0.1, -0.05) is 0 Å². The zero-order valence-corrected chi connectivity index (χ0v) is 12.6. The van der Waals surface area contributed by atoms with Gasteiger partial charge < -0.3 is 4.74 Å². The maximum Gasteiger partial charge on any atom is 0.146 e. The van der Waals surface area contributed by atoms with Crippen molar-refractivity contribution in [2.24, 2.45) is 4.99 Å². The lowest BCUT2D eigenvalue weighted by molar-refractivity contribution is 0.131. The van der Waals surface area contributed by atoms with Crippen molar-refractivity contribution in [3.05, 3.63) is 24.0 Å². The van der Waals surface area contributed by atoms with Crippen molar-refractivity contribution < 1.29 is 9.13 Å². The monoisotopic (exact) mass is 301 g/mol. The van der Waals surface area contributed by atoms with Crippen LogP contribution in [-0.4, -0.2) is 15.1 Å². The van der Waals surface area contributed by atoms with E-state index in [4.69, 9.17) is 4.74 Å². The van der Waals surface area contributed by atoms with Crippen LogP contribution in [0, 0.1) is 5.82 Å². The molecule has 1 aromatic rings. The van der Waals surface area contributed by atoms with Gasteiger partial charge in [0.15, 0.2) is 0 Å². The fraction of sp³-hybridized carbons (Fsp3) is 0.333. The molecular formula is C12H12FNOS3. The van der Waals surface area contributed by atoms with Crippen LogP contribution in [0.3, 0.4) is 0 Å². The molecule has 0 aliphatic heterocycles. The van der Waals surface area contributed by atoms with E-state index >= 15 is 0 Å². The van der Waals surface area contributed by atoms with Crippen LogP contribution in [0.5, 0.6) is 5.75 Å². The predicted molar refractivity (Wildman–Crippen MR) is 81.7 cm³/mol. The van der Waals surface area contributed by atoms with Gasteiger partial charge in [-0.3, -0.25) is 0 Å². The van der Waals surface area contributed by atoms with Gasteiger partial charge in [-0.2, -0.15) is 4.99 Å². The van der Waals surface area contributed by atoms with Crippen LogP contribution in [0.15, 0.2) is 23.2 Å². The van der Waals surface area contributed by atoms with E-state index in [-0.39, 0.29) is 11.4 Å². The van der Waals surface area contributed by atoms with Crippen LogP contribution in [0.25, 0.3) is 0 Å².